The molecule has 0 saturated carbocycles. The van der Waals surface area contributed by atoms with Crippen molar-refractivity contribution in [3.05, 3.63) is 41.6 Å². The van der Waals surface area contributed by atoms with Crippen molar-refractivity contribution in [1.82, 2.24) is 5.32 Å². The summed E-state index contributed by atoms with van der Waals surface area (Å²) >= 11 is 0. The second-order valence-corrected chi connectivity index (χ2v) is 3.72. The largest absolute Gasteiger partial charge is 0.390 e. The van der Waals surface area contributed by atoms with E-state index in [1.54, 1.807) is 0 Å². The average Bonchev–Trinajstić information content (AvgIpc) is 2.52. The van der Waals surface area contributed by atoms with Crippen LogP contribution in [0, 0.1) is 12.8 Å². The minimum Gasteiger partial charge on any atom is -0.390 e. The fraction of sp³-hybridized carbons (Fsp3) is 0.333. The van der Waals surface area contributed by atoms with Gasteiger partial charge in [0.1, 0.15) is 0 Å². The molecule has 0 fully saturated rings. The van der Waals surface area contributed by atoms with Crippen LogP contribution in [-0.2, 0) is 0 Å². The zero-order valence-electron chi connectivity index (χ0n) is 8.17. The normalized spacial score (nSPS) is 21.1. The molecule has 1 aliphatic rings. The first-order valence-electron chi connectivity index (χ1n) is 4.78. The Balaban J connectivity index is 2.40. The smallest absolute Gasteiger partial charge is 0.0208 e. The second kappa shape index (κ2) is 3.25. The number of aryl methyl sites for hydroxylation is 1. The SMILES string of the molecule is Cc1ccccc1C1=CNCC1C. The molecule has 1 nitrogen and oxygen atoms in total. The van der Waals surface area contributed by atoms with Gasteiger partial charge in [0.2, 0.25) is 0 Å². The molecule has 1 aromatic rings. The van der Waals surface area contributed by atoms with E-state index in [1.807, 2.05) is 0 Å². The van der Waals surface area contributed by atoms with Gasteiger partial charge in [0.25, 0.3) is 0 Å². The minimum absolute atomic E-state index is 0.640. The molecule has 0 radical (unpaired) electrons. The summed E-state index contributed by atoms with van der Waals surface area (Å²) in [5.41, 5.74) is 4.20. The lowest BCUT2D eigenvalue weighted by Crippen LogP contribution is -2.06. The van der Waals surface area contributed by atoms with Crippen LogP contribution in [0.15, 0.2) is 30.5 Å². The Labute approximate surface area is 79.5 Å². The summed E-state index contributed by atoms with van der Waals surface area (Å²) in [6, 6.07) is 8.56. The van der Waals surface area contributed by atoms with Crippen molar-refractivity contribution in [1.29, 1.82) is 0 Å². The van der Waals surface area contributed by atoms with Gasteiger partial charge in [0.05, 0.1) is 0 Å². The van der Waals surface area contributed by atoms with Gasteiger partial charge in [-0.25, -0.2) is 0 Å². The van der Waals surface area contributed by atoms with Crippen LogP contribution in [0.3, 0.4) is 0 Å². The lowest BCUT2D eigenvalue weighted by molar-refractivity contribution is 0.735. The number of hydrogen-bond donors (Lipinski definition) is 1. The number of rotatable bonds is 1. The van der Waals surface area contributed by atoms with E-state index in [4.69, 9.17) is 0 Å². The summed E-state index contributed by atoms with van der Waals surface area (Å²) in [6.45, 7) is 5.50. The molecule has 0 spiro atoms. The predicted molar refractivity (Wildman–Crippen MR) is 56.3 cm³/mol. The van der Waals surface area contributed by atoms with Gasteiger partial charge in [-0.15, -0.1) is 0 Å². The molecule has 0 bridgehead atoms. The van der Waals surface area contributed by atoms with Crippen molar-refractivity contribution in [2.45, 2.75) is 13.8 Å². The molecule has 1 heterocycles. The van der Waals surface area contributed by atoms with Gasteiger partial charge < -0.3 is 5.32 Å². The van der Waals surface area contributed by atoms with E-state index in [9.17, 15) is 0 Å². The molecule has 1 aromatic carbocycles. The maximum atomic E-state index is 3.29. The molecule has 1 unspecified atom stereocenters. The van der Waals surface area contributed by atoms with Gasteiger partial charge in [-0.05, 0) is 23.6 Å². The molecule has 1 atom stereocenters. The standard InChI is InChI=1S/C12H15N/c1-9-5-3-4-6-11(9)12-8-13-7-10(12)2/h3-6,8,10,13H,7H2,1-2H3. The van der Waals surface area contributed by atoms with Crippen molar-refractivity contribution in [2.24, 2.45) is 5.92 Å². The Kier molecular flexibility index (Phi) is 2.09. The predicted octanol–water partition coefficient (Wildman–Crippen LogP) is 2.58. The van der Waals surface area contributed by atoms with Gasteiger partial charge in [0.15, 0.2) is 0 Å². The molecular formula is C12H15N. The van der Waals surface area contributed by atoms with Crippen molar-refractivity contribution in [2.75, 3.05) is 6.54 Å². The molecule has 1 N–H and O–H groups in total. The lowest BCUT2D eigenvalue weighted by atomic mass is 9.94. The molecule has 0 amide bonds. The molecule has 0 aliphatic carbocycles. The number of nitrogens with one attached hydrogen (secondary N) is 1. The fourth-order valence-electron chi connectivity index (χ4n) is 1.84. The Hall–Kier alpha value is -1.24. The third-order valence-corrected chi connectivity index (χ3v) is 2.67. The quantitative estimate of drug-likeness (QED) is 0.688. The third kappa shape index (κ3) is 1.46. The van der Waals surface area contributed by atoms with Crippen LogP contribution in [-0.4, -0.2) is 6.54 Å². The van der Waals surface area contributed by atoms with E-state index in [1.165, 1.54) is 16.7 Å². The van der Waals surface area contributed by atoms with Gasteiger partial charge >= 0.3 is 0 Å². The van der Waals surface area contributed by atoms with E-state index >= 15 is 0 Å². The molecule has 68 valence electrons. The molecule has 13 heavy (non-hydrogen) atoms. The molecule has 1 heteroatoms. The van der Waals surface area contributed by atoms with Crippen molar-refractivity contribution in [3.63, 3.8) is 0 Å². The van der Waals surface area contributed by atoms with E-state index in [0.717, 1.165) is 6.54 Å². The Morgan fingerprint density at radius 2 is 2.08 bits per heavy atom. The van der Waals surface area contributed by atoms with Gasteiger partial charge in [-0.2, -0.15) is 0 Å². The number of hydrogen-bond acceptors (Lipinski definition) is 1. The van der Waals surface area contributed by atoms with Crippen LogP contribution in [0.25, 0.3) is 5.57 Å². The minimum atomic E-state index is 0.640. The molecule has 0 aromatic heterocycles. The summed E-state index contributed by atoms with van der Waals surface area (Å²) < 4.78 is 0. The monoisotopic (exact) mass is 173 g/mol. The van der Waals surface area contributed by atoms with Gasteiger partial charge in [0, 0.05) is 18.7 Å². The van der Waals surface area contributed by atoms with E-state index < -0.39 is 0 Å². The third-order valence-electron chi connectivity index (χ3n) is 2.67. The van der Waals surface area contributed by atoms with Crippen LogP contribution < -0.4 is 5.32 Å². The van der Waals surface area contributed by atoms with Gasteiger partial charge in [-0.1, -0.05) is 31.2 Å². The summed E-state index contributed by atoms with van der Waals surface area (Å²) in [4.78, 5) is 0. The molecule has 0 saturated heterocycles. The maximum Gasteiger partial charge on any atom is 0.0208 e. The highest BCUT2D eigenvalue weighted by molar-refractivity contribution is 5.71. The molecule has 1 aliphatic heterocycles. The van der Waals surface area contributed by atoms with E-state index in [-0.39, 0.29) is 0 Å². The van der Waals surface area contributed by atoms with Gasteiger partial charge in [-0.3, -0.25) is 0 Å². The first kappa shape index (κ1) is 8.36. The summed E-state index contributed by atoms with van der Waals surface area (Å²) in [6.07, 6.45) is 2.15. The average molecular weight is 173 g/mol. The highest BCUT2D eigenvalue weighted by Gasteiger charge is 2.16. The van der Waals surface area contributed by atoms with Crippen LogP contribution in [0.5, 0.6) is 0 Å². The first-order chi connectivity index (χ1) is 6.29. The Morgan fingerprint density at radius 1 is 1.31 bits per heavy atom. The Bertz CT molecular complexity index is 339. The van der Waals surface area contributed by atoms with Crippen molar-refractivity contribution >= 4 is 5.57 Å². The van der Waals surface area contributed by atoms with Crippen LogP contribution >= 0.6 is 0 Å². The first-order valence-corrected chi connectivity index (χ1v) is 4.78. The lowest BCUT2D eigenvalue weighted by Gasteiger charge is -2.10. The van der Waals surface area contributed by atoms with Crippen molar-refractivity contribution < 1.29 is 0 Å². The zero-order chi connectivity index (χ0) is 9.26. The topological polar surface area (TPSA) is 12.0 Å². The fourth-order valence-corrected chi connectivity index (χ4v) is 1.84. The number of benzene rings is 1. The van der Waals surface area contributed by atoms with Crippen LogP contribution in [0.4, 0.5) is 0 Å². The van der Waals surface area contributed by atoms with Crippen molar-refractivity contribution in [3.8, 4) is 0 Å². The van der Waals surface area contributed by atoms with E-state index in [2.05, 4.69) is 49.6 Å². The highest BCUT2D eigenvalue weighted by atomic mass is 14.9. The highest BCUT2D eigenvalue weighted by Crippen LogP contribution is 2.27. The summed E-state index contributed by atoms with van der Waals surface area (Å²) in [7, 11) is 0. The molecule has 2 rings (SSSR count). The summed E-state index contributed by atoms with van der Waals surface area (Å²) in [5, 5.41) is 3.29. The Morgan fingerprint density at radius 3 is 2.69 bits per heavy atom. The molecular weight excluding hydrogens is 158 g/mol. The zero-order valence-corrected chi connectivity index (χ0v) is 8.17. The van der Waals surface area contributed by atoms with Crippen LogP contribution in [0.1, 0.15) is 18.1 Å². The maximum absolute atomic E-state index is 3.29. The summed E-state index contributed by atoms with van der Waals surface area (Å²) in [5.74, 6) is 0.640. The van der Waals surface area contributed by atoms with Crippen LogP contribution in [0.2, 0.25) is 0 Å². The second-order valence-electron chi connectivity index (χ2n) is 3.72. The van der Waals surface area contributed by atoms with E-state index in [0.29, 0.717) is 5.92 Å².